The first kappa shape index (κ1) is 18.3. The van der Waals surface area contributed by atoms with E-state index in [-0.39, 0.29) is 0 Å². The van der Waals surface area contributed by atoms with E-state index in [1.807, 2.05) is 36.4 Å². The van der Waals surface area contributed by atoms with Crippen molar-refractivity contribution in [1.82, 2.24) is 4.90 Å². The maximum Gasteiger partial charge on any atom is 0.124 e. The lowest BCUT2D eigenvalue weighted by atomic mass is 9.83. The average Bonchev–Trinajstić information content (AvgIpc) is 3.17. The van der Waals surface area contributed by atoms with E-state index in [1.54, 1.807) is 7.11 Å². The van der Waals surface area contributed by atoms with Crippen LogP contribution in [0.25, 0.3) is 0 Å². The first-order valence-electron chi connectivity index (χ1n) is 9.61. The number of β-amino-alcohol motifs (C(OH)–C–C–N with tert-alkyl or cyclic N) is 1. The molecule has 1 fully saturated rings. The number of rotatable bonds is 5. The molecule has 5 heteroatoms. The first-order chi connectivity index (χ1) is 13.1. The van der Waals surface area contributed by atoms with Crippen LogP contribution in [-0.2, 0) is 12.0 Å². The first-order valence-corrected chi connectivity index (χ1v) is 9.61. The molecule has 2 aliphatic heterocycles. The van der Waals surface area contributed by atoms with Gasteiger partial charge in [-0.15, -0.1) is 0 Å². The van der Waals surface area contributed by atoms with E-state index in [0.717, 1.165) is 48.7 Å². The minimum Gasteiger partial charge on any atom is -0.496 e. The van der Waals surface area contributed by atoms with E-state index in [2.05, 4.69) is 11.0 Å². The number of likely N-dealkylation sites (tertiary alicyclic amines) is 1. The number of aliphatic hydroxyl groups is 2. The third-order valence-electron chi connectivity index (χ3n) is 5.82. The Kier molecular flexibility index (Phi) is 5.08. The Morgan fingerprint density at radius 3 is 2.74 bits per heavy atom. The number of para-hydroxylation sites is 1. The minimum absolute atomic E-state index is 0.534. The van der Waals surface area contributed by atoms with Crippen molar-refractivity contribution in [2.24, 2.45) is 0 Å². The molecule has 0 aromatic heterocycles. The Bertz CT molecular complexity index is 799. The van der Waals surface area contributed by atoms with Gasteiger partial charge < -0.3 is 24.6 Å². The van der Waals surface area contributed by atoms with Crippen molar-refractivity contribution in [3.05, 3.63) is 59.2 Å². The SMILES string of the molecule is COc1ccccc1C1(O)CCN(C[C@H](O)c2ccc3c(c2)CCO3)CC1. The van der Waals surface area contributed by atoms with E-state index in [1.165, 1.54) is 5.56 Å². The lowest BCUT2D eigenvalue weighted by Gasteiger charge is -2.39. The molecule has 27 heavy (non-hydrogen) atoms. The summed E-state index contributed by atoms with van der Waals surface area (Å²) in [7, 11) is 1.63. The lowest BCUT2D eigenvalue weighted by Crippen LogP contribution is -2.44. The molecule has 0 unspecified atom stereocenters. The van der Waals surface area contributed by atoms with Crippen LogP contribution in [0.4, 0.5) is 0 Å². The lowest BCUT2D eigenvalue weighted by molar-refractivity contribution is -0.0358. The molecule has 2 heterocycles. The average molecular weight is 369 g/mol. The summed E-state index contributed by atoms with van der Waals surface area (Å²) in [5, 5.41) is 21.8. The van der Waals surface area contributed by atoms with Crippen LogP contribution in [0.15, 0.2) is 42.5 Å². The van der Waals surface area contributed by atoms with E-state index < -0.39 is 11.7 Å². The number of methoxy groups -OCH3 is 1. The summed E-state index contributed by atoms with van der Waals surface area (Å²) in [5.41, 5.74) is 2.09. The highest BCUT2D eigenvalue weighted by atomic mass is 16.5. The van der Waals surface area contributed by atoms with Crippen molar-refractivity contribution >= 4 is 0 Å². The zero-order chi connectivity index (χ0) is 18.9. The second-order valence-corrected chi connectivity index (χ2v) is 7.51. The van der Waals surface area contributed by atoms with Gasteiger partial charge in [-0.05, 0) is 42.2 Å². The monoisotopic (exact) mass is 369 g/mol. The van der Waals surface area contributed by atoms with Crippen LogP contribution in [0.1, 0.15) is 35.6 Å². The van der Waals surface area contributed by atoms with Gasteiger partial charge in [-0.1, -0.05) is 24.3 Å². The maximum absolute atomic E-state index is 11.1. The van der Waals surface area contributed by atoms with Gasteiger partial charge in [0.05, 0.1) is 25.4 Å². The van der Waals surface area contributed by atoms with Crippen molar-refractivity contribution < 1.29 is 19.7 Å². The second kappa shape index (κ2) is 7.50. The van der Waals surface area contributed by atoms with Crippen LogP contribution in [-0.4, -0.2) is 48.5 Å². The third-order valence-corrected chi connectivity index (χ3v) is 5.82. The van der Waals surface area contributed by atoms with Gasteiger partial charge in [0.2, 0.25) is 0 Å². The van der Waals surface area contributed by atoms with Crippen molar-refractivity contribution in [3.63, 3.8) is 0 Å². The van der Waals surface area contributed by atoms with Crippen molar-refractivity contribution in [2.75, 3.05) is 33.4 Å². The van der Waals surface area contributed by atoms with Gasteiger partial charge in [0.15, 0.2) is 0 Å². The molecule has 0 spiro atoms. The highest BCUT2D eigenvalue weighted by Crippen LogP contribution is 2.38. The smallest absolute Gasteiger partial charge is 0.124 e. The van der Waals surface area contributed by atoms with Gasteiger partial charge in [0, 0.05) is 31.6 Å². The molecule has 0 radical (unpaired) electrons. The number of hydrogen-bond donors (Lipinski definition) is 2. The van der Waals surface area contributed by atoms with Crippen molar-refractivity contribution in [2.45, 2.75) is 31.0 Å². The van der Waals surface area contributed by atoms with Crippen LogP contribution in [0.5, 0.6) is 11.5 Å². The number of piperidine rings is 1. The normalized spacial score (nSPS) is 20.0. The standard InChI is InChI=1S/C22H27NO4/c1-26-21-5-3-2-4-18(21)22(25)9-11-23(12-10-22)15-19(24)16-6-7-20-17(14-16)8-13-27-20/h2-7,14,19,24-25H,8-13,15H2,1H3/t19-/m0/s1. The van der Waals surface area contributed by atoms with E-state index in [0.29, 0.717) is 19.4 Å². The fourth-order valence-corrected chi connectivity index (χ4v) is 4.17. The van der Waals surface area contributed by atoms with E-state index in [9.17, 15) is 10.2 Å². The van der Waals surface area contributed by atoms with Crippen molar-refractivity contribution in [1.29, 1.82) is 0 Å². The Hall–Kier alpha value is -2.08. The summed E-state index contributed by atoms with van der Waals surface area (Å²) in [4.78, 5) is 2.22. The zero-order valence-corrected chi connectivity index (χ0v) is 15.7. The number of benzene rings is 2. The largest absolute Gasteiger partial charge is 0.496 e. The quantitative estimate of drug-likeness (QED) is 0.848. The molecular weight excluding hydrogens is 342 g/mol. The van der Waals surface area contributed by atoms with Gasteiger partial charge >= 0.3 is 0 Å². The molecule has 2 aromatic rings. The van der Waals surface area contributed by atoms with Gasteiger partial charge in [-0.3, -0.25) is 0 Å². The molecule has 5 nitrogen and oxygen atoms in total. The molecule has 1 atom stereocenters. The van der Waals surface area contributed by atoms with Crippen LogP contribution in [0.2, 0.25) is 0 Å². The summed E-state index contributed by atoms with van der Waals surface area (Å²) < 4.78 is 11.0. The molecule has 2 aliphatic rings. The Balaban J connectivity index is 1.39. The van der Waals surface area contributed by atoms with E-state index >= 15 is 0 Å². The van der Waals surface area contributed by atoms with Gasteiger partial charge in [-0.2, -0.15) is 0 Å². The van der Waals surface area contributed by atoms with E-state index in [4.69, 9.17) is 9.47 Å². The molecule has 1 saturated heterocycles. The summed E-state index contributed by atoms with van der Waals surface area (Å²) >= 11 is 0. The Labute approximate surface area is 160 Å². The number of nitrogens with zero attached hydrogens (tertiary/aromatic N) is 1. The molecule has 0 saturated carbocycles. The maximum atomic E-state index is 11.1. The number of fused-ring (bicyclic) bond motifs is 1. The Morgan fingerprint density at radius 1 is 1.19 bits per heavy atom. The van der Waals surface area contributed by atoms with Crippen LogP contribution in [0.3, 0.4) is 0 Å². The zero-order valence-electron chi connectivity index (χ0n) is 15.7. The number of hydrogen-bond acceptors (Lipinski definition) is 5. The molecule has 0 amide bonds. The van der Waals surface area contributed by atoms with Gasteiger partial charge in [0.1, 0.15) is 11.5 Å². The predicted octanol–water partition coefficient (Wildman–Crippen LogP) is 2.65. The number of ether oxygens (including phenoxy) is 2. The summed E-state index contributed by atoms with van der Waals surface area (Å²) in [5.74, 6) is 1.67. The van der Waals surface area contributed by atoms with Gasteiger partial charge in [-0.25, -0.2) is 0 Å². The molecular formula is C22H27NO4. The molecule has 2 aromatic carbocycles. The molecule has 0 bridgehead atoms. The Morgan fingerprint density at radius 2 is 1.96 bits per heavy atom. The minimum atomic E-state index is -0.876. The topological polar surface area (TPSA) is 62.2 Å². The molecule has 2 N–H and O–H groups in total. The third kappa shape index (κ3) is 3.68. The van der Waals surface area contributed by atoms with Crippen LogP contribution >= 0.6 is 0 Å². The molecule has 4 rings (SSSR count). The van der Waals surface area contributed by atoms with Gasteiger partial charge in [0.25, 0.3) is 0 Å². The summed E-state index contributed by atoms with van der Waals surface area (Å²) in [6.07, 6.45) is 1.62. The van der Waals surface area contributed by atoms with Crippen molar-refractivity contribution in [3.8, 4) is 11.5 Å². The fourth-order valence-electron chi connectivity index (χ4n) is 4.17. The molecule has 144 valence electrons. The number of aliphatic hydroxyl groups excluding tert-OH is 1. The second-order valence-electron chi connectivity index (χ2n) is 7.51. The predicted molar refractivity (Wildman–Crippen MR) is 103 cm³/mol. The summed E-state index contributed by atoms with van der Waals surface area (Å²) in [6.45, 7) is 2.77. The highest BCUT2D eigenvalue weighted by Gasteiger charge is 2.36. The highest BCUT2D eigenvalue weighted by molar-refractivity contribution is 5.41. The van der Waals surface area contributed by atoms with Crippen LogP contribution < -0.4 is 9.47 Å². The molecule has 0 aliphatic carbocycles. The van der Waals surface area contributed by atoms with Crippen LogP contribution in [0, 0.1) is 0 Å². The fraction of sp³-hybridized carbons (Fsp3) is 0.455. The summed E-state index contributed by atoms with van der Waals surface area (Å²) in [6, 6.07) is 13.6.